The van der Waals surface area contributed by atoms with Gasteiger partial charge in [-0.1, -0.05) is 42.8 Å². The van der Waals surface area contributed by atoms with Crippen LogP contribution in [0.5, 0.6) is 5.75 Å². The Bertz CT molecular complexity index is 787. The molecule has 1 aromatic carbocycles. The van der Waals surface area contributed by atoms with Crippen LogP contribution in [0.1, 0.15) is 37.2 Å². The van der Waals surface area contributed by atoms with Crippen LogP contribution in [0.4, 0.5) is 0 Å². The Morgan fingerprint density at radius 2 is 2.06 bits per heavy atom. The molecule has 1 aromatic rings. The molecular formula is C23H36Cl2N2O5Si. The number of carbonyl (C=O) groups excluding carboxylic acids is 1. The Kier molecular flexibility index (Phi) is 10.3. The summed E-state index contributed by atoms with van der Waals surface area (Å²) in [5, 5.41) is 0.888. The Hall–Kier alpha value is -0.873. The molecule has 7 nitrogen and oxygen atoms in total. The lowest BCUT2D eigenvalue weighted by Gasteiger charge is -2.23. The average molecular weight is 520 g/mol. The topological polar surface area (TPSA) is 69.3 Å². The SMILES string of the molecule is C[Si](C)(C)CCOCOc1ccc(Cl)c(Cl)c1C1CC(=O)N(CCNOC2CCCCO2)C1. The predicted octanol–water partition coefficient (Wildman–Crippen LogP) is 5.05. The van der Waals surface area contributed by atoms with Crippen LogP contribution in [0.25, 0.3) is 0 Å². The summed E-state index contributed by atoms with van der Waals surface area (Å²) in [4.78, 5) is 20.0. The normalized spacial score (nSPS) is 21.6. The summed E-state index contributed by atoms with van der Waals surface area (Å²) < 4.78 is 17.1. The van der Waals surface area contributed by atoms with Crippen LogP contribution in [-0.2, 0) is 19.1 Å². The highest BCUT2D eigenvalue weighted by atomic mass is 35.5. The van der Waals surface area contributed by atoms with Crippen LogP contribution in [0.15, 0.2) is 12.1 Å². The zero-order valence-electron chi connectivity index (χ0n) is 19.8. The van der Waals surface area contributed by atoms with Gasteiger partial charge in [0.15, 0.2) is 13.1 Å². The largest absolute Gasteiger partial charge is 0.467 e. The molecule has 2 saturated heterocycles. The summed E-state index contributed by atoms with van der Waals surface area (Å²) in [5.41, 5.74) is 3.71. The second kappa shape index (κ2) is 12.7. The number of rotatable bonds is 12. The monoisotopic (exact) mass is 518 g/mol. The van der Waals surface area contributed by atoms with Crippen LogP contribution in [0.3, 0.4) is 0 Å². The van der Waals surface area contributed by atoms with Gasteiger partial charge in [0.2, 0.25) is 5.91 Å². The fraction of sp³-hybridized carbons (Fsp3) is 0.696. The predicted molar refractivity (Wildman–Crippen MR) is 133 cm³/mol. The Morgan fingerprint density at radius 3 is 2.79 bits per heavy atom. The fourth-order valence-electron chi connectivity index (χ4n) is 3.92. The molecule has 10 heteroatoms. The van der Waals surface area contributed by atoms with Crippen molar-refractivity contribution >= 4 is 37.2 Å². The van der Waals surface area contributed by atoms with Crippen molar-refractivity contribution in [1.82, 2.24) is 10.4 Å². The first-order chi connectivity index (χ1) is 15.7. The number of amides is 1. The van der Waals surface area contributed by atoms with Crippen LogP contribution >= 0.6 is 23.2 Å². The van der Waals surface area contributed by atoms with Crippen LogP contribution < -0.4 is 10.2 Å². The number of hydrogen-bond acceptors (Lipinski definition) is 6. The molecule has 186 valence electrons. The minimum absolute atomic E-state index is 0.0732. The number of ether oxygens (including phenoxy) is 3. The molecular weight excluding hydrogens is 483 g/mol. The van der Waals surface area contributed by atoms with E-state index in [1.807, 2.05) is 4.90 Å². The number of halogens is 2. The summed E-state index contributed by atoms with van der Waals surface area (Å²) in [5.74, 6) is 0.598. The quantitative estimate of drug-likeness (QED) is 0.181. The van der Waals surface area contributed by atoms with Gasteiger partial charge in [0, 0.05) is 65.2 Å². The van der Waals surface area contributed by atoms with Gasteiger partial charge in [-0.15, -0.1) is 0 Å². The van der Waals surface area contributed by atoms with Crippen molar-refractivity contribution in [3.8, 4) is 5.75 Å². The second-order valence-corrected chi connectivity index (χ2v) is 16.2. The highest BCUT2D eigenvalue weighted by Crippen LogP contribution is 2.42. The van der Waals surface area contributed by atoms with Gasteiger partial charge in [-0.2, -0.15) is 5.48 Å². The van der Waals surface area contributed by atoms with Gasteiger partial charge >= 0.3 is 0 Å². The van der Waals surface area contributed by atoms with Crippen molar-refractivity contribution in [2.45, 2.75) is 63.6 Å². The third kappa shape index (κ3) is 8.38. The average Bonchev–Trinajstić information content (AvgIpc) is 3.13. The van der Waals surface area contributed by atoms with E-state index < -0.39 is 8.07 Å². The second-order valence-electron chi connectivity index (χ2n) is 9.80. The van der Waals surface area contributed by atoms with Crippen molar-refractivity contribution < 1.29 is 23.8 Å². The van der Waals surface area contributed by atoms with E-state index in [9.17, 15) is 4.79 Å². The number of nitrogens with one attached hydrogen (secondary N) is 1. The van der Waals surface area contributed by atoms with Gasteiger partial charge in [0.25, 0.3) is 0 Å². The maximum absolute atomic E-state index is 12.6. The lowest BCUT2D eigenvalue weighted by molar-refractivity contribution is -0.196. The van der Waals surface area contributed by atoms with Crippen LogP contribution in [-0.4, -0.2) is 64.8 Å². The summed E-state index contributed by atoms with van der Waals surface area (Å²) >= 11 is 12.9. The molecule has 2 aliphatic rings. The number of carbonyl (C=O) groups is 1. The number of benzene rings is 1. The fourth-order valence-corrected chi connectivity index (χ4v) is 5.15. The highest BCUT2D eigenvalue weighted by molar-refractivity contribution is 6.76. The third-order valence-electron chi connectivity index (χ3n) is 5.85. The molecule has 1 amide bonds. The van der Waals surface area contributed by atoms with Gasteiger partial charge in [-0.05, 0) is 31.0 Å². The molecule has 1 N–H and O–H groups in total. The molecule has 2 aliphatic heterocycles. The summed E-state index contributed by atoms with van der Waals surface area (Å²) in [6.07, 6.45) is 3.21. The first kappa shape index (κ1) is 26.7. The smallest absolute Gasteiger partial charge is 0.223 e. The molecule has 2 heterocycles. The van der Waals surface area contributed by atoms with Crippen LogP contribution in [0, 0.1) is 0 Å². The lowest BCUT2D eigenvalue weighted by Crippen LogP contribution is -2.36. The third-order valence-corrected chi connectivity index (χ3v) is 8.37. The minimum Gasteiger partial charge on any atom is -0.467 e. The van der Waals surface area contributed by atoms with E-state index in [2.05, 4.69) is 25.1 Å². The van der Waals surface area contributed by atoms with E-state index in [4.69, 9.17) is 42.3 Å². The van der Waals surface area contributed by atoms with E-state index in [1.165, 1.54) is 0 Å². The molecule has 0 aliphatic carbocycles. The van der Waals surface area contributed by atoms with E-state index >= 15 is 0 Å². The van der Waals surface area contributed by atoms with Gasteiger partial charge in [-0.3, -0.25) is 9.63 Å². The highest BCUT2D eigenvalue weighted by Gasteiger charge is 2.34. The Labute approximate surface area is 207 Å². The van der Waals surface area contributed by atoms with E-state index in [0.29, 0.717) is 48.5 Å². The first-order valence-corrected chi connectivity index (χ1v) is 16.2. The van der Waals surface area contributed by atoms with Gasteiger partial charge in [0.05, 0.1) is 10.0 Å². The first-order valence-electron chi connectivity index (χ1n) is 11.7. The van der Waals surface area contributed by atoms with Crippen molar-refractivity contribution in [2.24, 2.45) is 0 Å². The van der Waals surface area contributed by atoms with Gasteiger partial charge < -0.3 is 19.1 Å². The zero-order valence-corrected chi connectivity index (χ0v) is 22.3. The molecule has 3 rings (SSSR count). The molecule has 0 spiro atoms. The number of likely N-dealkylation sites (tertiary alicyclic amines) is 1. The molecule has 33 heavy (non-hydrogen) atoms. The standard InChI is InChI=1S/C23H36Cl2N2O5Si/c1-33(2,3)13-12-29-16-31-19-8-7-18(24)23(25)22(19)17-14-20(28)27(15-17)10-9-26-32-21-6-4-5-11-30-21/h7-8,17,21,26H,4-6,9-16H2,1-3H3. The van der Waals surface area contributed by atoms with E-state index in [0.717, 1.165) is 37.5 Å². The molecule has 0 radical (unpaired) electrons. The molecule has 2 fully saturated rings. The number of hydrogen-bond donors (Lipinski definition) is 1. The van der Waals surface area contributed by atoms with Crippen molar-refractivity contribution in [3.05, 3.63) is 27.7 Å². The Balaban J connectivity index is 1.52. The molecule has 0 saturated carbocycles. The number of nitrogens with zero attached hydrogens (tertiary/aromatic N) is 1. The van der Waals surface area contributed by atoms with Crippen LogP contribution in [0.2, 0.25) is 35.7 Å². The zero-order chi connectivity index (χ0) is 23.8. The minimum atomic E-state index is -1.16. The summed E-state index contributed by atoms with van der Waals surface area (Å²) in [6.45, 7) is 10.1. The van der Waals surface area contributed by atoms with Gasteiger partial charge in [0.1, 0.15) is 5.75 Å². The lowest BCUT2D eigenvalue weighted by atomic mass is 9.97. The summed E-state index contributed by atoms with van der Waals surface area (Å²) in [6, 6.07) is 4.59. The maximum Gasteiger partial charge on any atom is 0.223 e. The van der Waals surface area contributed by atoms with Crippen molar-refractivity contribution in [3.63, 3.8) is 0 Å². The van der Waals surface area contributed by atoms with E-state index in [-0.39, 0.29) is 24.9 Å². The van der Waals surface area contributed by atoms with Gasteiger partial charge in [-0.25, -0.2) is 0 Å². The van der Waals surface area contributed by atoms with Crippen molar-refractivity contribution in [1.29, 1.82) is 0 Å². The number of hydroxylamine groups is 1. The molecule has 0 bridgehead atoms. The maximum atomic E-state index is 12.6. The summed E-state index contributed by atoms with van der Waals surface area (Å²) in [7, 11) is -1.16. The van der Waals surface area contributed by atoms with E-state index in [1.54, 1.807) is 12.1 Å². The van der Waals surface area contributed by atoms with Crippen molar-refractivity contribution in [2.75, 3.05) is 39.6 Å². The molecule has 0 aromatic heterocycles. The Morgan fingerprint density at radius 1 is 1.24 bits per heavy atom. The molecule has 2 atom stereocenters. The molecule has 2 unspecified atom stereocenters.